The molecule has 0 saturated heterocycles. The van der Waals surface area contributed by atoms with Crippen molar-refractivity contribution in [2.75, 3.05) is 32.8 Å². The molecule has 1 N–H and O–H groups in total. The normalized spacial score (nSPS) is 11.9. The van der Waals surface area contributed by atoms with Gasteiger partial charge in [0, 0.05) is 25.8 Å². The number of esters is 1. The summed E-state index contributed by atoms with van der Waals surface area (Å²) in [6, 6.07) is 0. The molecule has 5 nitrogen and oxygen atoms in total. The largest absolute Gasteiger partial charge is 0.466 e. The molecule has 5 heteroatoms. The number of unbranched alkanes of at least 4 members (excludes halogenated alkanes) is 24. The van der Waals surface area contributed by atoms with Crippen molar-refractivity contribution in [1.29, 1.82) is 0 Å². The van der Waals surface area contributed by atoms with Gasteiger partial charge in [-0.05, 0) is 63.5 Å². The number of carbonyl (C=O) groups excluding carboxylic acids is 2. The lowest BCUT2D eigenvalue weighted by Crippen LogP contribution is -2.29. The first kappa shape index (κ1) is 50.1. The van der Waals surface area contributed by atoms with Crippen LogP contribution in [0, 0.1) is 5.41 Å². The number of aliphatic hydroxyl groups excluding tert-OH is 1. The molecule has 304 valence electrons. The van der Waals surface area contributed by atoms with E-state index in [9.17, 15) is 14.7 Å². The molecular formula is C46H91NO4. The molecule has 0 bridgehead atoms. The number of Topliss-reactive ketones (excluding diaryl/α,β-unsaturated/α-hetero) is 1. The first-order valence-corrected chi connectivity index (χ1v) is 22.9. The Labute approximate surface area is 319 Å². The fourth-order valence-electron chi connectivity index (χ4n) is 7.65. The van der Waals surface area contributed by atoms with Crippen LogP contribution >= 0.6 is 0 Å². The predicted molar refractivity (Wildman–Crippen MR) is 222 cm³/mol. The van der Waals surface area contributed by atoms with E-state index in [4.69, 9.17) is 4.74 Å². The summed E-state index contributed by atoms with van der Waals surface area (Å²) in [6.07, 6.45) is 40.5. The lowest BCUT2D eigenvalue weighted by atomic mass is 9.75. The van der Waals surface area contributed by atoms with E-state index in [0.717, 1.165) is 77.4 Å². The number of carbonyl (C=O) groups is 2. The zero-order valence-corrected chi connectivity index (χ0v) is 35.2. The van der Waals surface area contributed by atoms with Crippen molar-refractivity contribution in [3.8, 4) is 0 Å². The Morgan fingerprint density at radius 2 is 0.882 bits per heavy atom. The standard InChI is InChI=1S/C46H91NO4/c1-5-8-11-14-17-26-33-42-51-45(50)35-28-21-19-25-32-39-47(40-41-48)38-31-24-18-20-27-34-44(49)43-46(4,36-29-22-15-12-9-6-2)37-30-23-16-13-10-7-3/h48H,5-43H2,1-4H3. The molecule has 0 unspecified atom stereocenters. The van der Waals surface area contributed by atoms with Gasteiger partial charge >= 0.3 is 5.97 Å². The Balaban J connectivity index is 4.04. The zero-order valence-electron chi connectivity index (χ0n) is 35.2. The molecule has 0 aliphatic heterocycles. The minimum absolute atomic E-state index is 0.0257. The number of ether oxygens (including phenoxy) is 1. The molecule has 0 aromatic carbocycles. The number of rotatable bonds is 42. The zero-order chi connectivity index (χ0) is 37.5. The van der Waals surface area contributed by atoms with Crippen LogP contribution in [0.2, 0.25) is 0 Å². The second kappa shape index (κ2) is 38.8. The quantitative estimate of drug-likeness (QED) is 0.0502. The van der Waals surface area contributed by atoms with E-state index in [0.29, 0.717) is 18.8 Å². The van der Waals surface area contributed by atoms with Gasteiger partial charge in [0.05, 0.1) is 13.2 Å². The van der Waals surface area contributed by atoms with Crippen molar-refractivity contribution in [3.63, 3.8) is 0 Å². The first-order valence-electron chi connectivity index (χ1n) is 22.9. The monoisotopic (exact) mass is 722 g/mol. The topological polar surface area (TPSA) is 66.8 Å². The third-order valence-corrected chi connectivity index (χ3v) is 11.1. The molecule has 51 heavy (non-hydrogen) atoms. The third kappa shape index (κ3) is 35.8. The number of aliphatic hydroxyl groups is 1. The van der Waals surface area contributed by atoms with E-state index in [1.165, 1.54) is 154 Å². The van der Waals surface area contributed by atoms with Crippen molar-refractivity contribution in [3.05, 3.63) is 0 Å². The highest BCUT2D eigenvalue weighted by Crippen LogP contribution is 2.36. The minimum atomic E-state index is -0.0257. The molecule has 0 rings (SSSR count). The number of hydrogen-bond donors (Lipinski definition) is 1. The van der Waals surface area contributed by atoms with Gasteiger partial charge in [-0.3, -0.25) is 9.59 Å². The maximum atomic E-state index is 13.1. The second-order valence-corrected chi connectivity index (χ2v) is 16.5. The van der Waals surface area contributed by atoms with Crippen molar-refractivity contribution < 1.29 is 19.4 Å². The maximum absolute atomic E-state index is 13.1. The van der Waals surface area contributed by atoms with Crippen LogP contribution in [0.15, 0.2) is 0 Å². The van der Waals surface area contributed by atoms with Crippen LogP contribution in [0.1, 0.15) is 246 Å². The summed E-state index contributed by atoms with van der Waals surface area (Å²) in [5.41, 5.74) is 0.198. The number of nitrogens with zero attached hydrogens (tertiary/aromatic N) is 1. The fourth-order valence-corrected chi connectivity index (χ4v) is 7.65. The van der Waals surface area contributed by atoms with Gasteiger partial charge in [-0.2, -0.15) is 0 Å². The van der Waals surface area contributed by atoms with Crippen LogP contribution in [-0.2, 0) is 14.3 Å². The van der Waals surface area contributed by atoms with Crippen LogP contribution in [0.5, 0.6) is 0 Å². The van der Waals surface area contributed by atoms with E-state index >= 15 is 0 Å². The van der Waals surface area contributed by atoms with Gasteiger partial charge in [0.25, 0.3) is 0 Å². The summed E-state index contributed by atoms with van der Waals surface area (Å²) in [4.78, 5) is 27.5. The summed E-state index contributed by atoms with van der Waals surface area (Å²) < 4.78 is 5.41. The van der Waals surface area contributed by atoms with Crippen LogP contribution in [0.25, 0.3) is 0 Å². The molecule has 0 aromatic rings. The van der Waals surface area contributed by atoms with Crippen LogP contribution in [-0.4, -0.2) is 54.6 Å². The van der Waals surface area contributed by atoms with Crippen LogP contribution in [0.4, 0.5) is 0 Å². The van der Waals surface area contributed by atoms with Crippen molar-refractivity contribution in [2.45, 2.75) is 246 Å². The van der Waals surface area contributed by atoms with Crippen molar-refractivity contribution >= 4 is 11.8 Å². The molecule has 0 aliphatic carbocycles. The fraction of sp³-hybridized carbons (Fsp3) is 0.957. The Morgan fingerprint density at radius 3 is 1.35 bits per heavy atom. The van der Waals surface area contributed by atoms with E-state index in [1.807, 2.05) is 0 Å². The Bertz CT molecular complexity index is 725. The summed E-state index contributed by atoms with van der Waals surface area (Å²) in [6.45, 7) is 12.9. The molecule has 0 saturated carbocycles. The van der Waals surface area contributed by atoms with Gasteiger partial charge in [0.15, 0.2) is 0 Å². The molecule has 0 fully saturated rings. The summed E-state index contributed by atoms with van der Waals surface area (Å²) in [5, 5.41) is 9.57. The Morgan fingerprint density at radius 1 is 0.490 bits per heavy atom. The van der Waals surface area contributed by atoms with Gasteiger partial charge in [0.2, 0.25) is 0 Å². The van der Waals surface area contributed by atoms with Gasteiger partial charge in [-0.1, -0.05) is 182 Å². The first-order chi connectivity index (χ1) is 24.9. The lowest BCUT2D eigenvalue weighted by molar-refractivity contribution is -0.143. The number of hydrogen-bond acceptors (Lipinski definition) is 5. The third-order valence-electron chi connectivity index (χ3n) is 11.1. The average molecular weight is 722 g/mol. The molecule has 0 spiro atoms. The molecule has 0 radical (unpaired) electrons. The highest BCUT2D eigenvalue weighted by atomic mass is 16.5. The van der Waals surface area contributed by atoms with E-state index in [2.05, 4.69) is 32.6 Å². The molecular weight excluding hydrogens is 631 g/mol. The van der Waals surface area contributed by atoms with E-state index in [-0.39, 0.29) is 18.0 Å². The van der Waals surface area contributed by atoms with Gasteiger partial charge in [-0.15, -0.1) is 0 Å². The average Bonchev–Trinajstić information content (AvgIpc) is 3.11. The molecule has 0 amide bonds. The second-order valence-electron chi connectivity index (χ2n) is 16.5. The lowest BCUT2D eigenvalue weighted by Gasteiger charge is -2.29. The van der Waals surface area contributed by atoms with Gasteiger partial charge in [-0.25, -0.2) is 0 Å². The smallest absolute Gasteiger partial charge is 0.305 e. The Hall–Kier alpha value is -0.940. The van der Waals surface area contributed by atoms with Crippen molar-refractivity contribution in [2.24, 2.45) is 5.41 Å². The van der Waals surface area contributed by atoms with Crippen LogP contribution in [0.3, 0.4) is 0 Å². The maximum Gasteiger partial charge on any atom is 0.305 e. The minimum Gasteiger partial charge on any atom is -0.466 e. The number of ketones is 1. The van der Waals surface area contributed by atoms with Gasteiger partial charge < -0.3 is 14.7 Å². The van der Waals surface area contributed by atoms with E-state index < -0.39 is 0 Å². The highest BCUT2D eigenvalue weighted by molar-refractivity contribution is 5.79. The molecule has 0 atom stereocenters. The van der Waals surface area contributed by atoms with E-state index in [1.54, 1.807) is 0 Å². The Kier molecular flexibility index (Phi) is 38.1. The summed E-state index contributed by atoms with van der Waals surface area (Å²) in [7, 11) is 0. The molecule has 0 heterocycles. The van der Waals surface area contributed by atoms with Crippen LogP contribution < -0.4 is 0 Å². The molecule has 0 aliphatic rings. The summed E-state index contributed by atoms with van der Waals surface area (Å²) in [5.74, 6) is 0.476. The summed E-state index contributed by atoms with van der Waals surface area (Å²) >= 11 is 0. The highest BCUT2D eigenvalue weighted by Gasteiger charge is 2.26. The van der Waals surface area contributed by atoms with Gasteiger partial charge in [0.1, 0.15) is 5.78 Å². The van der Waals surface area contributed by atoms with Crippen molar-refractivity contribution in [1.82, 2.24) is 4.90 Å². The molecule has 0 aromatic heterocycles. The predicted octanol–water partition coefficient (Wildman–Crippen LogP) is 13.7. The SMILES string of the molecule is CCCCCCCCCOC(=O)CCCCCCCN(CCO)CCCCCCCC(=O)CC(C)(CCCCCCCC)CCCCCCCC.